The molecule has 0 radical (unpaired) electrons. The number of thioether (sulfide) groups is 1. The Kier molecular flexibility index (Phi) is 4.26. The van der Waals surface area contributed by atoms with E-state index in [-0.39, 0.29) is 10.9 Å². The van der Waals surface area contributed by atoms with Crippen molar-refractivity contribution in [3.63, 3.8) is 0 Å². The summed E-state index contributed by atoms with van der Waals surface area (Å²) >= 11 is 4.53. The summed E-state index contributed by atoms with van der Waals surface area (Å²) in [6.45, 7) is 0.594. The summed E-state index contributed by atoms with van der Waals surface area (Å²) in [4.78, 5) is 4.32. The molecule has 0 aliphatic carbocycles. The first kappa shape index (κ1) is 14.5. The van der Waals surface area contributed by atoms with Crippen LogP contribution >= 0.6 is 27.7 Å². The third-order valence-electron chi connectivity index (χ3n) is 3.06. The second-order valence-electron chi connectivity index (χ2n) is 4.53. The first-order valence-corrected chi connectivity index (χ1v) is 7.98. The van der Waals surface area contributed by atoms with Crippen molar-refractivity contribution >= 4 is 38.5 Å². The van der Waals surface area contributed by atoms with Gasteiger partial charge in [0.25, 0.3) is 0 Å². The molecule has 1 aliphatic rings. The summed E-state index contributed by atoms with van der Waals surface area (Å²) in [6, 6.07) is 12.4. The van der Waals surface area contributed by atoms with E-state index >= 15 is 0 Å². The Morgan fingerprint density at radius 3 is 2.48 bits per heavy atom. The van der Waals surface area contributed by atoms with Gasteiger partial charge in [-0.25, -0.2) is 8.78 Å². The molecule has 1 unspecified atom stereocenters. The third kappa shape index (κ3) is 3.27. The molecule has 1 heterocycles. The smallest absolute Gasteiger partial charge is 0.161 e. The van der Waals surface area contributed by atoms with Gasteiger partial charge in [-0.3, -0.25) is 4.99 Å². The molecule has 1 N–H and O–H groups in total. The zero-order valence-corrected chi connectivity index (χ0v) is 13.2. The zero-order chi connectivity index (χ0) is 14.8. The molecular weight excluding hydrogens is 358 g/mol. The van der Waals surface area contributed by atoms with Crippen molar-refractivity contribution in [3.05, 3.63) is 64.1 Å². The van der Waals surface area contributed by atoms with Gasteiger partial charge in [0.1, 0.15) is 5.69 Å². The highest BCUT2D eigenvalue weighted by atomic mass is 79.9. The highest BCUT2D eigenvalue weighted by Crippen LogP contribution is 2.36. The van der Waals surface area contributed by atoms with Gasteiger partial charge in [0.05, 0.1) is 11.8 Å². The number of hydrogen-bond acceptors (Lipinski definition) is 3. The molecule has 108 valence electrons. The van der Waals surface area contributed by atoms with Gasteiger partial charge in [-0.05, 0) is 17.7 Å². The number of aliphatic imine (C=N–C) groups is 1. The summed E-state index contributed by atoms with van der Waals surface area (Å²) in [5.74, 6) is -1.29. The van der Waals surface area contributed by atoms with E-state index in [2.05, 4.69) is 26.2 Å². The van der Waals surface area contributed by atoms with Crippen LogP contribution in [-0.2, 0) is 0 Å². The van der Waals surface area contributed by atoms with Crippen LogP contribution in [0.4, 0.5) is 14.5 Å². The quantitative estimate of drug-likeness (QED) is 0.807. The molecule has 3 rings (SSSR count). The molecule has 2 nitrogen and oxygen atoms in total. The number of amidine groups is 1. The molecule has 0 saturated heterocycles. The fraction of sp³-hybridized carbons (Fsp3) is 0.133. The van der Waals surface area contributed by atoms with Gasteiger partial charge < -0.3 is 5.32 Å². The van der Waals surface area contributed by atoms with Crippen LogP contribution < -0.4 is 5.32 Å². The number of nitrogens with one attached hydrogen (secondary N) is 1. The minimum Gasteiger partial charge on any atom is -0.330 e. The SMILES string of the molecule is Fc1cc(Br)cc(F)c1NC1=NCC(c2ccccc2)S1. The topological polar surface area (TPSA) is 24.4 Å². The maximum atomic E-state index is 13.8. The summed E-state index contributed by atoms with van der Waals surface area (Å²) in [5.41, 5.74) is 0.984. The number of rotatable bonds is 2. The van der Waals surface area contributed by atoms with E-state index in [0.29, 0.717) is 16.2 Å². The fourth-order valence-electron chi connectivity index (χ4n) is 2.05. The van der Waals surface area contributed by atoms with Crippen LogP contribution in [0.3, 0.4) is 0 Å². The van der Waals surface area contributed by atoms with E-state index in [9.17, 15) is 8.78 Å². The minimum atomic E-state index is -0.645. The molecule has 0 spiro atoms. The van der Waals surface area contributed by atoms with Crippen LogP contribution in [0.5, 0.6) is 0 Å². The maximum absolute atomic E-state index is 13.8. The van der Waals surface area contributed by atoms with Gasteiger partial charge in [-0.1, -0.05) is 58.0 Å². The van der Waals surface area contributed by atoms with Gasteiger partial charge in [-0.2, -0.15) is 0 Å². The van der Waals surface area contributed by atoms with E-state index in [4.69, 9.17) is 0 Å². The number of anilines is 1. The molecule has 0 amide bonds. The van der Waals surface area contributed by atoms with E-state index < -0.39 is 11.6 Å². The second-order valence-corrected chi connectivity index (χ2v) is 6.64. The first-order chi connectivity index (χ1) is 10.1. The van der Waals surface area contributed by atoms with Crippen molar-refractivity contribution in [2.24, 2.45) is 4.99 Å². The van der Waals surface area contributed by atoms with Gasteiger partial charge in [-0.15, -0.1) is 0 Å². The van der Waals surface area contributed by atoms with E-state index in [1.165, 1.54) is 23.9 Å². The van der Waals surface area contributed by atoms with Crippen molar-refractivity contribution in [1.82, 2.24) is 0 Å². The number of halogens is 3. The zero-order valence-electron chi connectivity index (χ0n) is 10.8. The highest BCUT2D eigenvalue weighted by molar-refractivity contribution is 9.10. The number of nitrogens with zero attached hydrogens (tertiary/aromatic N) is 1. The first-order valence-electron chi connectivity index (χ1n) is 6.31. The fourth-order valence-corrected chi connectivity index (χ4v) is 3.48. The number of hydrogen-bond donors (Lipinski definition) is 1. The van der Waals surface area contributed by atoms with E-state index in [1.54, 1.807) is 0 Å². The van der Waals surface area contributed by atoms with Gasteiger partial charge >= 0.3 is 0 Å². The predicted molar refractivity (Wildman–Crippen MR) is 86.8 cm³/mol. The van der Waals surface area contributed by atoms with Crippen molar-refractivity contribution in [1.29, 1.82) is 0 Å². The van der Waals surface area contributed by atoms with Crippen molar-refractivity contribution in [2.45, 2.75) is 5.25 Å². The Bertz CT molecular complexity index is 668. The van der Waals surface area contributed by atoms with Crippen LogP contribution in [0.15, 0.2) is 51.9 Å². The molecule has 0 saturated carbocycles. The predicted octanol–water partition coefficient (Wildman–Crippen LogP) is 4.98. The molecule has 2 aromatic carbocycles. The van der Waals surface area contributed by atoms with Gasteiger partial charge in [0.2, 0.25) is 0 Å². The Labute approximate surface area is 133 Å². The second kappa shape index (κ2) is 6.15. The van der Waals surface area contributed by atoms with Crippen molar-refractivity contribution < 1.29 is 8.78 Å². The van der Waals surface area contributed by atoms with Gasteiger partial charge in [0.15, 0.2) is 16.8 Å². The molecule has 1 aliphatic heterocycles. The third-order valence-corrected chi connectivity index (χ3v) is 4.68. The van der Waals surface area contributed by atoms with E-state index in [1.807, 2.05) is 30.3 Å². The van der Waals surface area contributed by atoms with Crippen molar-refractivity contribution in [2.75, 3.05) is 11.9 Å². The average molecular weight is 369 g/mol. The molecule has 21 heavy (non-hydrogen) atoms. The monoisotopic (exact) mass is 368 g/mol. The maximum Gasteiger partial charge on any atom is 0.161 e. The molecule has 2 aromatic rings. The molecule has 0 aromatic heterocycles. The van der Waals surface area contributed by atoms with Crippen LogP contribution in [-0.4, -0.2) is 11.7 Å². The Morgan fingerprint density at radius 2 is 1.81 bits per heavy atom. The lowest BCUT2D eigenvalue weighted by atomic mass is 10.1. The summed E-state index contributed by atoms with van der Waals surface area (Å²) in [7, 11) is 0. The van der Waals surface area contributed by atoms with Crippen molar-refractivity contribution in [3.8, 4) is 0 Å². The lowest BCUT2D eigenvalue weighted by molar-refractivity contribution is 0.590. The summed E-state index contributed by atoms with van der Waals surface area (Å²) in [5, 5.41) is 3.45. The Morgan fingerprint density at radius 1 is 1.14 bits per heavy atom. The molecular formula is C15H11BrF2N2S. The Balaban J connectivity index is 1.73. The van der Waals surface area contributed by atoms with Crippen LogP contribution in [0.1, 0.15) is 10.8 Å². The average Bonchev–Trinajstić information content (AvgIpc) is 2.92. The standard InChI is InChI=1S/C15H11BrF2N2S/c16-10-6-11(17)14(12(18)7-10)20-15-19-8-13(21-15)9-4-2-1-3-5-9/h1-7,13H,8H2,(H,19,20). The molecule has 6 heteroatoms. The van der Waals surface area contributed by atoms with Crippen LogP contribution in [0.25, 0.3) is 0 Å². The normalized spacial score (nSPS) is 17.7. The molecule has 0 bridgehead atoms. The Hall–Kier alpha value is -1.40. The molecule has 0 fully saturated rings. The number of benzene rings is 2. The summed E-state index contributed by atoms with van der Waals surface area (Å²) in [6.07, 6.45) is 0. The minimum absolute atomic E-state index is 0.168. The van der Waals surface area contributed by atoms with Crippen LogP contribution in [0, 0.1) is 11.6 Å². The highest BCUT2D eigenvalue weighted by Gasteiger charge is 2.23. The lowest BCUT2D eigenvalue weighted by Gasteiger charge is -2.10. The molecule has 1 atom stereocenters. The van der Waals surface area contributed by atoms with Gasteiger partial charge in [0, 0.05) is 4.47 Å². The van der Waals surface area contributed by atoms with Crippen LogP contribution in [0.2, 0.25) is 0 Å². The lowest BCUT2D eigenvalue weighted by Crippen LogP contribution is -2.09. The summed E-state index contributed by atoms with van der Waals surface area (Å²) < 4.78 is 27.9. The van der Waals surface area contributed by atoms with E-state index in [0.717, 1.165) is 5.56 Å². The largest absolute Gasteiger partial charge is 0.330 e.